The van der Waals surface area contributed by atoms with Crippen molar-refractivity contribution in [2.75, 3.05) is 20.8 Å². The number of nitrogens with zero attached hydrogens (tertiary/aromatic N) is 2. The fourth-order valence-corrected chi connectivity index (χ4v) is 4.91. The molecule has 1 aromatic heterocycles. The summed E-state index contributed by atoms with van der Waals surface area (Å²) in [5, 5.41) is 4.03. The van der Waals surface area contributed by atoms with Gasteiger partial charge in [0.25, 0.3) is 0 Å². The molecule has 2 amide bonds. The highest BCUT2D eigenvalue weighted by Gasteiger charge is 2.30. The lowest BCUT2D eigenvalue weighted by Crippen LogP contribution is -2.43. The first kappa shape index (κ1) is 25.9. The maximum atomic E-state index is 13.2. The van der Waals surface area contributed by atoms with Crippen molar-refractivity contribution in [3.05, 3.63) is 52.6 Å². The third-order valence-electron chi connectivity index (χ3n) is 6.08. The zero-order valence-corrected chi connectivity index (χ0v) is 22.8. The molecular weight excluding hydrogens is 526 g/mol. The van der Waals surface area contributed by atoms with Gasteiger partial charge in [-0.05, 0) is 45.4 Å². The van der Waals surface area contributed by atoms with Gasteiger partial charge in [0.15, 0.2) is 0 Å². The summed E-state index contributed by atoms with van der Waals surface area (Å²) < 4.78 is 20.3. The summed E-state index contributed by atoms with van der Waals surface area (Å²) in [5.74, 6) is 1.17. The van der Waals surface area contributed by atoms with Crippen molar-refractivity contribution in [1.29, 1.82) is 0 Å². The van der Waals surface area contributed by atoms with Crippen molar-refractivity contribution < 1.29 is 23.8 Å². The molecule has 3 aromatic rings. The molecule has 192 valence electrons. The zero-order chi connectivity index (χ0) is 26.0. The number of hydrogen-bond acceptors (Lipinski definition) is 5. The number of carbonyl (C=O) groups is 2. The molecule has 0 spiro atoms. The first-order valence-corrected chi connectivity index (χ1v) is 12.7. The van der Waals surface area contributed by atoms with Gasteiger partial charge in [-0.3, -0.25) is 4.79 Å². The molecule has 0 aliphatic carbocycles. The van der Waals surface area contributed by atoms with Crippen molar-refractivity contribution >= 4 is 38.8 Å². The number of ether oxygens (including phenoxy) is 3. The van der Waals surface area contributed by atoms with Crippen LogP contribution in [0.2, 0.25) is 0 Å². The number of hydrogen-bond donors (Lipinski definition) is 1. The van der Waals surface area contributed by atoms with E-state index < -0.39 is 11.7 Å². The Bertz CT molecular complexity index is 1260. The summed E-state index contributed by atoms with van der Waals surface area (Å²) in [6, 6.07) is 11.8. The SMILES string of the molecule is COc1cc(-n2ccc3c(Br)cccc32)cc(OC)c1CN(C[C@@H]1CCC(=O)N1)C(=O)OC(C)(C)C. The number of aromatic nitrogens is 1. The fourth-order valence-electron chi connectivity index (χ4n) is 4.42. The first-order chi connectivity index (χ1) is 17.1. The average molecular weight is 558 g/mol. The molecule has 1 aliphatic rings. The van der Waals surface area contributed by atoms with Crippen molar-refractivity contribution in [2.45, 2.75) is 51.8 Å². The number of halogens is 1. The Hall–Kier alpha value is -3.20. The summed E-state index contributed by atoms with van der Waals surface area (Å²) >= 11 is 3.61. The topological polar surface area (TPSA) is 82.0 Å². The largest absolute Gasteiger partial charge is 0.496 e. The molecule has 8 nitrogen and oxygen atoms in total. The van der Waals surface area contributed by atoms with Crippen LogP contribution in [0, 0.1) is 0 Å². The molecular formula is C27H32BrN3O5. The van der Waals surface area contributed by atoms with Crippen molar-refractivity contribution in [2.24, 2.45) is 0 Å². The molecule has 4 rings (SSSR count). The van der Waals surface area contributed by atoms with Crippen molar-refractivity contribution in [1.82, 2.24) is 14.8 Å². The van der Waals surface area contributed by atoms with Gasteiger partial charge in [-0.2, -0.15) is 0 Å². The minimum atomic E-state index is -0.657. The minimum Gasteiger partial charge on any atom is -0.496 e. The average Bonchev–Trinajstić information content (AvgIpc) is 3.44. The normalized spacial score (nSPS) is 15.6. The van der Waals surface area contributed by atoms with Crippen molar-refractivity contribution in [3.63, 3.8) is 0 Å². The predicted octanol–water partition coefficient (Wildman–Crippen LogP) is 5.43. The van der Waals surface area contributed by atoms with Crippen LogP contribution < -0.4 is 14.8 Å². The Labute approximate surface area is 219 Å². The van der Waals surface area contributed by atoms with Crippen LogP contribution in [0.25, 0.3) is 16.6 Å². The lowest BCUT2D eigenvalue weighted by Gasteiger charge is -2.30. The Balaban J connectivity index is 1.71. The zero-order valence-electron chi connectivity index (χ0n) is 21.3. The third kappa shape index (κ3) is 5.61. The van der Waals surface area contributed by atoms with Gasteiger partial charge in [0.05, 0.1) is 37.5 Å². The van der Waals surface area contributed by atoms with E-state index in [-0.39, 0.29) is 18.5 Å². The molecule has 1 saturated heterocycles. The smallest absolute Gasteiger partial charge is 0.410 e. The monoisotopic (exact) mass is 557 g/mol. The quantitative estimate of drug-likeness (QED) is 0.419. The highest BCUT2D eigenvalue weighted by atomic mass is 79.9. The number of fused-ring (bicyclic) bond motifs is 1. The Morgan fingerprint density at radius 3 is 2.44 bits per heavy atom. The molecule has 1 N–H and O–H groups in total. The van der Waals surface area contributed by atoms with E-state index in [4.69, 9.17) is 14.2 Å². The molecule has 9 heteroatoms. The van der Waals surface area contributed by atoms with E-state index in [2.05, 4.69) is 25.8 Å². The van der Waals surface area contributed by atoms with Gasteiger partial charge in [-0.1, -0.05) is 22.0 Å². The number of benzene rings is 2. The molecule has 0 saturated carbocycles. The van der Waals surface area contributed by atoms with Gasteiger partial charge in [0, 0.05) is 47.2 Å². The Morgan fingerprint density at radius 2 is 1.86 bits per heavy atom. The van der Waals surface area contributed by atoms with E-state index in [1.807, 2.05) is 63.4 Å². The molecule has 1 atom stereocenters. The predicted molar refractivity (Wildman–Crippen MR) is 142 cm³/mol. The molecule has 36 heavy (non-hydrogen) atoms. The fraction of sp³-hybridized carbons (Fsp3) is 0.407. The molecule has 1 aliphatic heterocycles. The minimum absolute atomic E-state index is 0.00533. The number of nitrogens with one attached hydrogen (secondary N) is 1. The van der Waals surface area contributed by atoms with Gasteiger partial charge in [-0.15, -0.1) is 0 Å². The highest BCUT2D eigenvalue weighted by molar-refractivity contribution is 9.10. The second-order valence-electron chi connectivity index (χ2n) is 9.85. The highest BCUT2D eigenvalue weighted by Crippen LogP contribution is 2.36. The van der Waals surface area contributed by atoms with E-state index in [0.29, 0.717) is 30.9 Å². The summed E-state index contributed by atoms with van der Waals surface area (Å²) in [7, 11) is 3.20. The van der Waals surface area contributed by atoms with E-state index in [0.717, 1.165) is 26.6 Å². The maximum absolute atomic E-state index is 13.2. The summed E-state index contributed by atoms with van der Waals surface area (Å²) in [4.78, 5) is 26.5. The van der Waals surface area contributed by atoms with E-state index in [9.17, 15) is 9.59 Å². The standard InChI is InChI=1S/C27H32BrN3O5/c1-27(2,3)36-26(33)30(15-17-9-10-25(32)29-17)16-20-23(34-4)13-18(14-24(20)35-5)31-12-11-19-21(28)7-6-8-22(19)31/h6-8,11-14,17H,9-10,15-16H2,1-5H3,(H,29,32)/t17-/m0/s1. The lowest BCUT2D eigenvalue weighted by atomic mass is 10.1. The molecule has 0 radical (unpaired) electrons. The number of methoxy groups -OCH3 is 2. The summed E-state index contributed by atoms with van der Waals surface area (Å²) in [6.45, 7) is 6.01. The van der Waals surface area contributed by atoms with E-state index in [1.54, 1.807) is 19.1 Å². The van der Waals surface area contributed by atoms with Crippen LogP contribution in [0.4, 0.5) is 4.79 Å². The van der Waals surface area contributed by atoms with Crippen LogP contribution in [-0.2, 0) is 16.1 Å². The van der Waals surface area contributed by atoms with Crippen LogP contribution in [0.3, 0.4) is 0 Å². The van der Waals surface area contributed by atoms with Gasteiger partial charge in [0.2, 0.25) is 5.91 Å². The second kappa shape index (κ2) is 10.4. The van der Waals surface area contributed by atoms with Crippen LogP contribution in [0.15, 0.2) is 47.1 Å². The van der Waals surface area contributed by atoms with Crippen LogP contribution in [-0.4, -0.2) is 53.9 Å². The van der Waals surface area contributed by atoms with Crippen LogP contribution >= 0.6 is 15.9 Å². The van der Waals surface area contributed by atoms with Crippen molar-refractivity contribution in [3.8, 4) is 17.2 Å². The van der Waals surface area contributed by atoms with E-state index >= 15 is 0 Å². The first-order valence-electron chi connectivity index (χ1n) is 11.9. The van der Waals surface area contributed by atoms with Crippen LogP contribution in [0.1, 0.15) is 39.2 Å². The molecule has 2 aromatic carbocycles. The lowest BCUT2D eigenvalue weighted by molar-refractivity contribution is -0.119. The Kier molecular flexibility index (Phi) is 7.49. The van der Waals surface area contributed by atoms with E-state index in [1.165, 1.54) is 0 Å². The second-order valence-corrected chi connectivity index (χ2v) is 10.7. The third-order valence-corrected chi connectivity index (χ3v) is 6.77. The maximum Gasteiger partial charge on any atom is 0.410 e. The molecule has 0 bridgehead atoms. The number of carbonyl (C=O) groups excluding carboxylic acids is 2. The molecule has 1 fully saturated rings. The van der Waals surface area contributed by atoms with Gasteiger partial charge in [-0.25, -0.2) is 4.79 Å². The van der Waals surface area contributed by atoms with Crippen LogP contribution in [0.5, 0.6) is 11.5 Å². The van der Waals surface area contributed by atoms with Gasteiger partial charge >= 0.3 is 6.09 Å². The summed E-state index contributed by atoms with van der Waals surface area (Å²) in [5.41, 5.74) is 1.97. The Morgan fingerprint density at radius 1 is 1.17 bits per heavy atom. The van der Waals surface area contributed by atoms with Gasteiger partial charge < -0.3 is 29.0 Å². The molecule has 0 unspecified atom stereocenters. The molecule has 2 heterocycles. The van der Waals surface area contributed by atoms with Gasteiger partial charge in [0.1, 0.15) is 17.1 Å². The number of amides is 2. The summed E-state index contributed by atoms with van der Waals surface area (Å²) in [6.07, 6.45) is 2.66. The number of rotatable bonds is 7.